The third-order valence-electron chi connectivity index (χ3n) is 5.31. The molecule has 0 aliphatic heterocycles. The van der Waals surface area contributed by atoms with Crippen molar-refractivity contribution in [3.63, 3.8) is 0 Å². The Morgan fingerprint density at radius 3 is 1.32 bits per heavy atom. The fraction of sp³-hybridized carbons (Fsp3) is 0.455. The van der Waals surface area contributed by atoms with Crippen LogP contribution in [0.15, 0.2) is 36.4 Å². The van der Waals surface area contributed by atoms with Gasteiger partial charge in [-0.2, -0.15) is 0 Å². The van der Waals surface area contributed by atoms with E-state index in [4.69, 9.17) is 18.9 Å². The second kappa shape index (κ2) is 9.88. The van der Waals surface area contributed by atoms with Crippen molar-refractivity contribution in [1.29, 1.82) is 0 Å². The van der Waals surface area contributed by atoms with Gasteiger partial charge in [-0.1, -0.05) is 26.0 Å². The Morgan fingerprint density at radius 2 is 1.07 bits per heavy atom. The molecule has 0 aliphatic rings. The summed E-state index contributed by atoms with van der Waals surface area (Å²) in [6, 6.07) is 11.3. The van der Waals surface area contributed by atoms with Gasteiger partial charge in [0.2, 0.25) is 0 Å². The van der Waals surface area contributed by atoms with Gasteiger partial charge >= 0.3 is 0 Å². The van der Waals surface area contributed by atoms with Crippen LogP contribution in [0.1, 0.15) is 31.4 Å². The zero-order valence-electron chi connectivity index (χ0n) is 17.7. The van der Waals surface area contributed by atoms with Gasteiger partial charge in [-0.3, -0.25) is 0 Å². The first-order chi connectivity index (χ1) is 13.4. The molecule has 0 heterocycles. The molecule has 2 rings (SSSR count). The highest BCUT2D eigenvalue weighted by Gasteiger charge is 2.33. The summed E-state index contributed by atoms with van der Waals surface area (Å²) in [6.45, 7) is 4.11. The minimum absolute atomic E-state index is 0.0248. The van der Waals surface area contributed by atoms with Crippen LogP contribution in [0.25, 0.3) is 0 Å². The van der Waals surface area contributed by atoms with Crippen molar-refractivity contribution in [2.75, 3.05) is 28.4 Å². The van der Waals surface area contributed by atoms with Crippen molar-refractivity contribution in [3.05, 3.63) is 47.5 Å². The molecule has 1 unspecified atom stereocenters. The number of rotatable bonds is 10. The predicted molar refractivity (Wildman–Crippen MR) is 114 cm³/mol. The van der Waals surface area contributed by atoms with E-state index in [9.17, 15) is 4.57 Å². The molecule has 154 valence electrons. The van der Waals surface area contributed by atoms with Crippen LogP contribution in [0.5, 0.6) is 23.0 Å². The van der Waals surface area contributed by atoms with E-state index in [0.717, 1.165) is 17.5 Å². The highest BCUT2D eigenvalue weighted by atomic mass is 31.2. The summed E-state index contributed by atoms with van der Waals surface area (Å²) in [5.41, 5.74) is 1.70. The Labute approximate surface area is 168 Å². The maximum atomic E-state index is 14.3. The maximum Gasteiger partial charge on any atom is 0.126 e. The zero-order chi connectivity index (χ0) is 20.7. The Morgan fingerprint density at radius 1 is 0.750 bits per heavy atom. The molecule has 2 aromatic carbocycles. The van der Waals surface area contributed by atoms with Crippen LogP contribution >= 0.6 is 7.14 Å². The average molecular weight is 406 g/mol. The largest absolute Gasteiger partial charge is 0.496 e. The minimum atomic E-state index is -2.73. The van der Waals surface area contributed by atoms with Gasteiger partial charge in [0.1, 0.15) is 23.0 Å². The molecule has 0 amide bonds. The Kier molecular flexibility index (Phi) is 7.82. The quantitative estimate of drug-likeness (QED) is 0.482. The van der Waals surface area contributed by atoms with Crippen molar-refractivity contribution >= 4 is 7.14 Å². The fourth-order valence-electron chi connectivity index (χ4n) is 3.40. The molecular formula is C22H31O5P. The van der Waals surface area contributed by atoms with Crippen LogP contribution in [0.4, 0.5) is 0 Å². The molecule has 0 bridgehead atoms. The number of benzene rings is 2. The van der Waals surface area contributed by atoms with Crippen molar-refractivity contribution in [1.82, 2.24) is 0 Å². The molecule has 0 spiro atoms. The summed E-state index contributed by atoms with van der Waals surface area (Å²) < 4.78 is 36.5. The number of ether oxygens (including phenoxy) is 4. The first kappa shape index (κ1) is 22.2. The summed E-state index contributed by atoms with van der Waals surface area (Å²) >= 11 is 0. The van der Waals surface area contributed by atoms with Gasteiger partial charge in [0.15, 0.2) is 0 Å². The molecule has 0 saturated carbocycles. The summed E-state index contributed by atoms with van der Waals surface area (Å²) in [4.78, 5) is 0. The molecule has 6 heteroatoms. The van der Waals surface area contributed by atoms with Gasteiger partial charge in [0, 0.05) is 29.1 Å². The minimum Gasteiger partial charge on any atom is -0.496 e. The van der Waals surface area contributed by atoms with E-state index in [2.05, 4.69) is 6.92 Å². The van der Waals surface area contributed by atoms with Crippen molar-refractivity contribution in [2.24, 2.45) is 0 Å². The van der Waals surface area contributed by atoms with Crippen LogP contribution in [-0.2, 0) is 16.9 Å². The van der Waals surface area contributed by atoms with E-state index in [1.165, 1.54) is 0 Å². The average Bonchev–Trinajstić information content (AvgIpc) is 2.73. The van der Waals surface area contributed by atoms with Gasteiger partial charge in [0.05, 0.1) is 35.6 Å². The molecule has 0 aliphatic carbocycles. The summed E-state index contributed by atoms with van der Waals surface area (Å²) in [6.07, 6.45) is 1.58. The van der Waals surface area contributed by atoms with E-state index in [1.807, 2.05) is 43.3 Å². The maximum absolute atomic E-state index is 14.3. The Hall–Kier alpha value is -2.13. The summed E-state index contributed by atoms with van der Waals surface area (Å²) in [7, 11) is 3.75. The molecule has 1 atom stereocenters. The predicted octanol–water partition coefficient (Wildman–Crippen LogP) is 5.58. The Bertz CT molecular complexity index is 728. The molecule has 5 nitrogen and oxygen atoms in total. The van der Waals surface area contributed by atoms with E-state index in [1.54, 1.807) is 28.4 Å². The molecule has 2 aromatic rings. The third-order valence-corrected chi connectivity index (χ3v) is 8.98. The molecule has 0 radical (unpaired) electrons. The smallest absolute Gasteiger partial charge is 0.126 e. The lowest BCUT2D eigenvalue weighted by Gasteiger charge is -2.27. The second-order valence-electron chi connectivity index (χ2n) is 6.81. The van der Waals surface area contributed by atoms with E-state index in [-0.39, 0.29) is 5.66 Å². The molecular weight excluding hydrogens is 375 g/mol. The lowest BCUT2D eigenvalue weighted by atomic mass is 10.2. The zero-order valence-corrected chi connectivity index (χ0v) is 18.5. The van der Waals surface area contributed by atoms with E-state index < -0.39 is 7.14 Å². The lowest BCUT2D eigenvalue weighted by Crippen LogP contribution is -2.10. The highest BCUT2D eigenvalue weighted by Crippen LogP contribution is 2.61. The van der Waals surface area contributed by atoms with Crippen LogP contribution in [-0.4, -0.2) is 34.1 Å². The standard InChI is InChI=1S/C22H31O5P/c1-7-16(2)28(23,14-17-19(24-3)10-8-11-20(17)25-4)15-18-21(26-5)12-9-13-22(18)27-6/h8-13,16H,7,14-15H2,1-6H3. The normalized spacial score (nSPS) is 12.4. The van der Waals surface area contributed by atoms with Gasteiger partial charge in [-0.05, 0) is 30.7 Å². The van der Waals surface area contributed by atoms with Gasteiger partial charge < -0.3 is 23.5 Å². The molecule has 28 heavy (non-hydrogen) atoms. The topological polar surface area (TPSA) is 54.0 Å². The highest BCUT2D eigenvalue weighted by molar-refractivity contribution is 7.63. The third kappa shape index (κ3) is 4.64. The number of hydrogen-bond donors (Lipinski definition) is 0. The van der Waals surface area contributed by atoms with Crippen LogP contribution < -0.4 is 18.9 Å². The van der Waals surface area contributed by atoms with Crippen molar-refractivity contribution in [2.45, 2.75) is 38.3 Å². The van der Waals surface area contributed by atoms with Crippen molar-refractivity contribution < 1.29 is 23.5 Å². The monoisotopic (exact) mass is 406 g/mol. The van der Waals surface area contributed by atoms with Crippen LogP contribution in [0.3, 0.4) is 0 Å². The fourth-order valence-corrected chi connectivity index (χ4v) is 6.50. The van der Waals surface area contributed by atoms with Gasteiger partial charge in [-0.15, -0.1) is 0 Å². The van der Waals surface area contributed by atoms with Crippen molar-refractivity contribution in [3.8, 4) is 23.0 Å². The first-order valence-corrected chi connectivity index (χ1v) is 11.6. The number of hydrogen-bond acceptors (Lipinski definition) is 5. The van der Waals surface area contributed by atoms with E-state index in [0.29, 0.717) is 35.3 Å². The summed E-state index contributed by atoms with van der Waals surface area (Å²) in [5, 5.41) is 0. The second-order valence-corrected chi connectivity index (χ2v) is 10.2. The Balaban J connectivity index is 2.55. The van der Waals surface area contributed by atoms with Gasteiger partial charge in [-0.25, -0.2) is 0 Å². The van der Waals surface area contributed by atoms with Crippen LogP contribution in [0, 0.1) is 0 Å². The molecule has 0 fully saturated rings. The number of methoxy groups -OCH3 is 4. The van der Waals surface area contributed by atoms with Gasteiger partial charge in [0.25, 0.3) is 0 Å². The molecule has 0 aromatic heterocycles. The molecule has 0 saturated heterocycles. The first-order valence-electron chi connectivity index (χ1n) is 9.41. The van der Waals surface area contributed by atoms with Crippen LogP contribution in [0.2, 0.25) is 0 Å². The molecule has 0 N–H and O–H groups in total. The SMILES string of the molecule is CCC(C)P(=O)(Cc1c(OC)cccc1OC)Cc1c(OC)cccc1OC. The summed E-state index contributed by atoms with van der Waals surface area (Å²) in [5.74, 6) is 2.76. The van der Waals surface area contributed by atoms with E-state index >= 15 is 0 Å². The lowest BCUT2D eigenvalue weighted by molar-refractivity contribution is 0.386.